The van der Waals surface area contributed by atoms with Gasteiger partial charge in [-0.3, -0.25) is 18.6 Å². The highest BCUT2D eigenvalue weighted by atomic mass is 31.2. The van der Waals surface area contributed by atoms with Crippen LogP contribution in [0.2, 0.25) is 0 Å². The number of ether oxygens (including phenoxy) is 2. The monoisotopic (exact) mass is 901 g/mol. The first-order valence-electron chi connectivity index (χ1n) is 23.2. The maximum Gasteiger partial charge on any atom is 0.472 e. The third-order valence-corrected chi connectivity index (χ3v) is 11.4. The van der Waals surface area contributed by atoms with Crippen LogP contribution < -0.4 is 0 Å². The Hall–Kier alpha value is -2.49. The quantitative estimate of drug-likeness (QED) is 0.0136. The van der Waals surface area contributed by atoms with Crippen molar-refractivity contribution in [1.82, 2.24) is 0 Å². The van der Waals surface area contributed by atoms with Gasteiger partial charge in [-0.15, -0.1) is 0 Å². The first-order chi connectivity index (χ1) is 29.8. The average molecular weight is 901 g/mol. The van der Waals surface area contributed by atoms with Crippen LogP contribution in [0.15, 0.2) is 60.8 Å². The molecule has 3 unspecified atom stereocenters. The summed E-state index contributed by atoms with van der Waals surface area (Å²) in [5, 5.41) is 60.0. The van der Waals surface area contributed by atoms with Gasteiger partial charge in [0.15, 0.2) is 6.10 Å². The number of aliphatic hydroxyl groups excluding tert-OH is 6. The highest BCUT2D eigenvalue weighted by Gasteiger charge is 2.51. The van der Waals surface area contributed by atoms with Gasteiger partial charge in [-0.05, 0) is 70.6 Å². The van der Waals surface area contributed by atoms with Crippen LogP contribution in [0.3, 0.4) is 0 Å². The van der Waals surface area contributed by atoms with Crippen molar-refractivity contribution in [3.8, 4) is 0 Å². The molecule has 0 radical (unpaired) electrons. The molecule has 14 nitrogen and oxygen atoms in total. The Morgan fingerprint density at radius 2 is 1.03 bits per heavy atom. The second-order valence-corrected chi connectivity index (χ2v) is 17.5. The minimum Gasteiger partial charge on any atom is -0.462 e. The van der Waals surface area contributed by atoms with Crippen LogP contribution in [-0.4, -0.2) is 110 Å². The molecule has 358 valence electrons. The van der Waals surface area contributed by atoms with Crippen LogP contribution in [0.4, 0.5) is 0 Å². The van der Waals surface area contributed by atoms with Crippen molar-refractivity contribution in [3.63, 3.8) is 0 Å². The van der Waals surface area contributed by atoms with Crippen LogP contribution in [-0.2, 0) is 32.7 Å². The summed E-state index contributed by atoms with van der Waals surface area (Å²) < 4.78 is 33.4. The predicted octanol–water partition coefficient (Wildman–Crippen LogP) is 7.92. The molecule has 0 aliphatic heterocycles. The van der Waals surface area contributed by atoms with Crippen LogP contribution in [0, 0.1) is 0 Å². The Kier molecular flexibility index (Phi) is 34.2. The Balaban J connectivity index is 2.52. The SMILES string of the molecule is CCCCCC/C=C\CCCCCCCCCC(=O)O[C@H](COC(=O)CCC/C=C\C/C=C\C/C=C\C/C=C\[C@@H](O)CCCC)COP(=O)(O)OC1[C@H](O)[C@H](O)C(O)[C@H](O)[C@H]1O. The van der Waals surface area contributed by atoms with E-state index in [0.29, 0.717) is 19.3 Å². The zero-order valence-electron chi connectivity index (χ0n) is 37.5. The number of phosphoric ester groups is 1. The summed E-state index contributed by atoms with van der Waals surface area (Å²) in [5.74, 6) is -1.20. The topological polar surface area (TPSA) is 230 Å². The van der Waals surface area contributed by atoms with E-state index < -0.39 is 75.7 Å². The highest BCUT2D eigenvalue weighted by Crippen LogP contribution is 2.47. The van der Waals surface area contributed by atoms with Gasteiger partial charge in [-0.25, -0.2) is 4.57 Å². The molecule has 0 spiro atoms. The number of carbonyl (C=O) groups is 2. The Labute approximate surface area is 371 Å². The number of allylic oxidation sites excluding steroid dienone is 9. The lowest BCUT2D eigenvalue weighted by Gasteiger charge is -2.41. The lowest BCUT2D eigenvalue weighted by atomic mass is 9.85. The van der Waals surface area contributed by atoms with Crippen molar-refractivity contribution in [1.29, 1.82) is 0 Å². The molecule has 0 aromatic heterocycles. The molecule has 0 aromatic carbocycles. The van der Waals surface area contributed by atoms with Crippen molar-refractivity contribution in [3.05, 3.63) is 60.8 Å². The third kappa shape index (κ3) is 29.1. The molecule has 1 saturated carbocycles. The normalized spacial score (nSPS) is 22.9. The van der Waals surface area contributed by atoms with E-state index in [2.05, 4.69) is 44.2 Å². The molecule has 0 aromatic rings. The summed E-state index contributed by atoms with van der Waals surface area (Å²) in [6.07, 6.45) is 27.5. The number of hydrogen-bond acceptors (Lipinski definition) is 13. The van der Waals surface area contributed by atoms with Crippen LogP contribution >= 0.6 is 7.82 Å². The fourth-order valence-corrected chi connectivity index (χ4v) is 7.56. The lowest BCUT2D eigenvalue weighted by Crippen LogP contribution is -2.64. The fourth-order valence-electron chi connectivity index (χ4n) is 6.59. The molecule has 1 aliphatic carbocycles. The zero-order valence-corrected chi connectivity index (χ0v) is 38.4. The van der Waals surface area contributed by atoms with Gasteiger partial charge in [0.1, 0.15) is 43.2 Å². The number of unbranched alkanes of at least 4 members (excludes halogenated alkanes) is 13. The summed E-state index contributed by atoms with van der Waals surface area (Å²) in [5.41, 5.74) is 0. The Bertz CT molecular complexity index is 1330. The van der Waals surface area contributed by atoms with Crippen LogP contribution in [0.25, 0.3) is 0 Å². The number of aliphatic hydroxyl groups is 6. The molecule has 9 atom stereocenters. The van der Waals surface area contributed by atoms with Crippen molar-refractivity contribution in [2.24, 2.45) is 0 Å². The molecule has 15 heteroatoms. The molecule has 0 bridgehead atoms. The van der Waals surface area contributed by atoms with Gasteiger partial charge in [0.05, 0.1) is 12.7 Å². The number of esters is 2. The molecule has 1 fully saturated rings. The van der Waals surface area contributed by atoms with Gasteiger partial charge < -0.3 is 45.0 Å². The average Bonchev–Trinajstić information content (AvgIpc) is 3.25. The van der Waals surface area contributed by atoms with Crippen LogP contribution in [0.1, 0.15) is 162 Å². The van der Waals surface area contributed by atoms with Crippen molar-refractivity contribution in [2.45, 2.75) is 210 Å². The van der Waals surface area contributed by atoms with E-state index in [0.717, 1.165) is 89.9 Å². The number of rotatable bonds is 37. The van der Waals surface area contributed by atoms with Crippen molar-refractivity contribution < 1.29 is 68.2 Å². The molecule has 1 rings (SSSR count). The standard InChI is InChI=1S/C47H81O14P/c1-3-5-7-8-9-10-11-12-13-14-19-22-25-28-31-35-41(50)60-39(37-59-62(56,57)61-47-45(54)43(52)42(51)44(53)46(47)55)36-58-40(49)34-30-27-24-21-18-16-15-17-20-23-26-29-33-38(48)32-6-4-2/h10-11,15-16,20-21,23-24,29,33,38-39,42-48,51-55H,3-9,12-14,17-19,22,25-28,30-32,34-37H2,1-2H3,(H,56,57)/b11-10-,16-15-,23-20-,24-21-,33-29-/t38-,39+,42?,43-,44+,45+,46+,47?/m0/s1. The molecule has 1 aliphatic rings. The smallest absolute Gasteiger partial charge is 0.462 e. The highest BCUT2D eigenvalue weighted by molar-refractivity contribution is 7.47. The maximum absolute atomic E-state index is 12.8. The number of hydrogen-bond donors (Lipinski definition) is 7. The summed E-state index contributed by atoms with van der Waals surface area (Å²) in [7, 11) is -5.14. The minimum absolute atomic E-state index is 0.0696. The van der Waals surface area contributed by atoms with Gasteiger partial charge in [-0.2, -0.15) is 0 Å². The molecule has 0 amide bonds. The summed E-state index contributed by atoms with van der Waals surface area (Å²) >= 11 is 0. The molecule has 7 N–H and O–H groups in total. The minimum atomic E-state index is -5.14. The van der Waals surface area contributed by atoms with Gasteiger partial charge >= 0.3 is 19.8 Å². The number of carbonyl (C=O) groups excluding carboxylic acids is 2. The van der Waals surface area contributed by atoms with Gasteiger partial charge in [0.25, 0.3) is 0 Å². The van der Waals surface area contributed by atoms with E-state index in [4.69, 9.17) is 18.5 Å². The predicted molar refractivity (Wildman–Crippen MR) is 241 cm³/mol. The third-order valence-electron chi connectivity index (χ3n) is 10.4. The van der Waals surface area contributed by atoms with Gasteiger partial charge in [0.2, 0.25) is 0 Å². The van der Waals surface area contributed by atoms with Crippen molar-refractivity contribution >= 4 is 19.8 Å². The Morgan fingerprint density at radius 1 is 0.565 bits per heavy atom. The zero-order chi connectivity index (χ0) is 45.9. The molecule has 0 saturated heterocycles. The van der Waals surface area contributed by atoms with Crippen LogP contribution in [0.5, 0.6) is 0 Å². The van der Waals surface area contributed by atoms with E-state index in [1.54, 1.807) is 0 Å². The van der Waals surface area contributed by atoms with E-state index in [1.165, 1.54) is 25.7 Å². The molecule has 0 heterocycles. The van der Waals surface area contributed by atoms with E-state index >= 15 is 0 Å². The summed E-state index contributed by atoms with van der Waals surface area (Å²) in [6.45, 7) is 3.07. The molecule has 62 heavy (non-hydrogen) atoms. The second kappa shape index (κ2) is 36.8. The summed E-state index contributed by atoms with van der Waals surface area (Å²) in [6, 6.07) is 0. The molecular weight excluding hydrogens is 819 g/mol. The summed E-state index contributed by atoms with van der Waals surface area (Å²) in [4.78, 5) is 35.7. The largest absolute Gasteiger partial charge is 0.472 e. The molecular formula is C47H81O14P. The van der Waals surface area contributed by atoms with E-state index in [9.17, 15) is 49.7 Å². The van der Waals surface area contributed by atoms with Gasteiger partial charge in [-0.1, -0.05) is 139 Å². The van der Waals surface area contributed by atoms with Gasteiger partial charge in [0, 0.05) is 12.8 Å². The van der Waals surface area contributed by atoms with Crippen molar-refractivity contribution in [2.75, 3.05) is 13.2 Å². The van der Waals surface area contributed by atoms with E-state index in [-0.39, 0.29) is 18.9 Å². The number of phosphoric acid groups is 1. The fraction of sp³-hybridized carbons (Fsp3) is 0.745. The first kappa shape index (κ1) is 57.5. The second-order valence-electron chi connectivity index (χ2n) is 16.1. The Morgan fingerprint density at radius 3 is 1.63 bits per heavy atom. The lowest BCUT2D eigenvalue weighted by molar-refractivity contribution is -0.220. The van der Waals surface area contributed by atoms with E-state index in [1.807, 2.05) is 30.4 Å². The first-order valence-corrected chi connectivity index (χ1v) is 24.7. The maximum atomic E-state index is 12.8.